The van der Waals surface area contributed by atoms with Crippen LogP contribution < -0.4 is 20.3 Å². The molecular formula is C25H32FN7O4. The highest BCUT2D eigenvalue weighted by atomic mass is 19.1. The number of halogens is 1. The molecule has 3 aromatic heterocycles. The van der Waals surface area contributed by atoms with E-state index < -0.39 is 11.9 Å². The van der Waals surface area contributed by atoms with Gasteiger partial charge in [-0.25, -0.2) is 23.7 Å². The number of hydrogen-bond acceptors (Lipinski definition) is 7. The summed E-state index contributed by atoms with van der Waals surface area (Å²) in [6.45, 7) is 6.85. The maximum Gasteiger partial charge on any atom is 0.404 e. The number of carbonyl (C=O) groups excluding carboxylic acids is 1. The van der Waals surface area contributed by atoms with Gasteiger partial charge in [-0.1, -0.05) is 20.8 Å². The van der Waals surface area contributed by atoms with Crippen LogP contribution in [-0.2, 0) is 0 Å². The van der Waals surface area contributed by atoms with Crippen molar-refractivity contribution in [3.63, 3.8) is 0 Å². The Kier molecular flexibility index (Phi) is 7.46. The van der Waals surface area contributed by atoms with Crippen molar-refractivity contribution < 1.29 is 23.8 Å². The molecule has 3 N–H and O–H groups in total. The Hall–Kier alpha value is -3.96. The molecule has 1 saturated heterocycles. The Morgan fingerprint density at radius 2 is 2.11 bits per heavy atom. The number of aromatic nitrogens is 4. The summed E-state index contributed by atoms with van der Waals surface area (Å²) in [7, 11) is 1.51. The smallest absolute Gasteiger partial charge is 0.404 e. The molecule has 37 heavy (non-hydrogen) atoms. The molecule has 1 unspecified atom stereocenters. The van der Waals surface area contributed by atoms with Gasteiger partial charge in [0.05, 0.1) is 25.5 Å². The summed E-state index contributed by atoms with van der Waals surface area (Å²) in [6.07, 6.45) is 5.32. The number of carboxylic acid groups (broad SMARTS) is 1. The fourth-order valence-electron chi connectivity index (χ4n) is 4.68. The summed E-state index contributed by atoms with van der Waals surface area (Å²) in [5, 5.41) is 18.5. The average molecular weight is 514 g/mol. The Balaban J connectivity index is 1.61. The number of carbonyl (C=O) groups is 2. The highest BCUT2D eigenvalue weighted by molar-refractivity contribution is 6.00. The van der Waals surface area contributed by atoms with Crippen molar-refractivity contribution in [3.05, 3.63) is 47.7 Å². The number of methoxy groups -OCH3 is 1. The molecule has 11 nitrogen and oxygen atoms in total. The predicted molar refractivity (Wildman–Crippen MR) is 134 cm³/mol. The van der Waals surface area contributed by atoms with Gasteiger partial charge in [-0.3, -0.25) is 4.79 Å². The van der Waals surface area contributed by atoms with Gasteiger partial charge < -0.3 is 25.4 Å². The lowest BCUT2D eigenvalue weighted by Gasteiger charge is -2.31. The van der Waals surface area contributed by atoms with Gasteiger partial charge in [0, 0.05) is 30.9 Å². The molecule has 1 fully saturated rings. The van der Waals surface area contributed by atoms with Crippen LogP contribution in [0.25, 0.3) is 5.65 Å². The van der Waals surface area contributed by atoms with Gasteiger partial charge in [-0.15, -0.1) is 0 Å². The van der Waals surface area contributed by atoms with Gasteiger partial charge in [-0.05, 0) is 36.8 Å². The summed E-state index contributed by atoms with van der Waals surface area (Å²) in [5.41, 5.74) is 1.04. The van der Waals surface area contributed by atoms with E-state index in [1.807, 2.05) is 26.8 Å². The number of hydrogen-bond donors (Lipinski definition) is 3. The number of anilines is 1. The first-order valence-corrected chi connectivity index (χ1v) is 12.2. The molecule has 4 rings (SSSR count). The molecule has 1 aliphatic heterocycles. The van der Waals surface area contributed by atoms with E-state index in [-0.39, 0.29) is 30.0 Å². The van der Waals surface area contributed by atoms with Gasteiger partial charge in [0.25, 0.3) is 5.91 Å². The first-order chi connectivity index (χ1) is 17.6. The number of ether oxygens (including phenoxy) is 1. The van der Waals surface area contributed by atoms with E-state index in [0.29, 0.717) is 41.4 Å². The van der Waals surface area contributed by atoms with Crippen LogP contribution in [0, 0.1) is 11.2 Å². The van der Waals surface area contributed by atoms with Crippen molar-refractivity contribution in [1.29, 1.82) is 0 Å². The zero-order valence-electron chi connectivity index (χ0n) is 21.4. The molecule has 198 valence electrons. The van der Waals surface area contributed by atoms with E-state index in [1.54, 1.807) is 6.20 Å². The molecule has 2 amide bonds. The third kappa shape index (κ3) is 5.73. The SMILES string of the molecule is COc1ncc(F)cc1C1CCCN1c1ccn2ncc(C(=O)N[C@H](CCNC(=O)O)C(C)(C)C)c2n1. The van der Waals surface area contributed by atoms with Crippen LogP contribution in [0.4, 0.5) is 15.0 Å². The lowest BCUT2D eigenvalue weighted by atomic mass is 9.84. The summed E-state index contributed by atoms with van der Waals surface area (Å²) in [6, 6.07) is 2.78. The average Bonchev–Trinajstić information content (AvgIpc) is 3.49. The van der Waals surface area contributed by atoms with Crippen LogP contribution in [0.15, 0.2) is 30.7 Å². The Morgan fingerprint density at radius 1 is 1.32 bits per heavy atom. The van der Waals surface area contributed by atoms with Crippen molar-refractivity contribution in [2.24, 2.45) is 5.41 Å². The number of rotatable bonds is 8. The molecule has 0 bridgehead atoms. The van der Waals surface area contributed by atoms with Crippen molar-refractivity contribution in [2.45, 2.75) is 52.1 Å². The largest absolute Gasteiger partial charge is 0.481 e. The highest BCUT2D eigenvalue weighted by Gasteiger charge is 2.32. The van der Waals surface area contributed by atoms with Crippen molar-refractivity contribution >= 4 is 23.5 Å². The van der Waals surface area contributed by atoms with Crippen LogP contribution in [0.1, 0.15) is 62.0 Å². The summed E-state index contributed by atoms with van der Waals surface area (Å²) in [5.74, 6) is 0.222. The first-order valence-electron chi connectivity index (χ1n) is 12.2. The van der Waals surface area contributed by atoms with Crippen molar-refractivity contribution in [1.82, 2.24) is 30.2 Å². The molecule has 0 spiro atoms. The fourth-order valence-corrected chi connectivity index (χ4v) is 4.68. The molecule has 0 aliphatic carbocycles. The molecule has 4 heterocycles. The molecule has 12 heteroatoms. The zero-order chi connectivity index (χ0) is 26.7. The van der Waals surface area contributed by atoms with E-state index >= 15 is 0 Å². The zero-order valence-corrected chi connectivity index (χ0v) is 21.4. The number of nitrogens with one attached hydrogen (secondary N) is 2. The quantitative estimate of drug-likeness (QED) is 0.417. The fraction of sp³-hybridized carbons (Fsp3) is 0.480. The van der Waals surface area contributed by atoms with Gasteiger partial charge in [0.2, 0.25) is 5.88 Å². The second kappa shape index (κ2) is 10.6. The summed E-state index contributed by atoms with van der Waals surface area (Å²) < 4.78 is 21.0. The molecule has 0 radical (unpaired) electrons. The minimum Gasteiger partial charge on any atom is -0.481 e. The van der Waals surface area contributed by atoms with Crippen LogP contribution >= 0.6 is 0 Å². The summed E-state index contributed by atoms with van der Waals surface area (Å²) >= 11 is 0. The number of amides is 2. The van der Waals surface area contributed by atoms with E-state index in [2.05, 4.69) is 25.6 Å². The van der Waals surface area contributed by atoms with Crippen LogP contribution in [-0.4, -0.2) is 62.9 Å². The van der Waals surface area contributed by atoms with E-state index in [4.69, 9.17) is 14.8 Å². The predicted octanol–water partition coefficient (Wildman–Crippen LogP) is 3.42. The minimum atomic E-state index is -1.11. The lowest BCUT2D eigenvalue weighted by molar-refractivity contribution is 0.0899. The van der Waals surface area contributed by atoms with Crippen molar-refractivity contribution in [2.75, 3.05) is 25.1 Å². The van der Waals surface area contributed by atoms with E-state index in [1.165, 1.54) is 23.9 Å². The third-order valence-corrected chi connectivity index (χ3v) is 6.60. The Morgan fingerprint density at radius 3 is 2.81 bits per heavy atom. The molecule has 1 aliphatic rings. The molecule has 2 atom stereocenters. The van der Waals surface area contributed by atoms with Crippen LogP contribution in [0.3, 0.4) is 0 Å². The molecule has 0 saturated carbocycles. The van der Waals surface area contributed by atoms with Gasteiger partial charge >= 0.3 is 6.09 Å². The normalized spacial score (nSPS) is 16.6. The second-order valence-electron chi connectivity index (χ2n) is 10.1. The summed E-state index contributed by atoms with van der Waals surface area (Å²) in [4.78, 5) is 35.0. The van der Waals surface area contributed by atoms with Gasteiger partial charge in [0.15, 0.2) is 5.65 Å². The second-order valence-corrected chi connectivity index (χ2v) is 10.1. The number of fused-ring (bicyclic) bond motifs is 1. The lowest BCUT2D eigenvalue weighted by Crippen LogP contribution is -2.45. The van der Waals surface area contributed by atoms with Gasteiger partial charge in [-0.2, -0.15) is 5.10 Å². The van der Waals surface area contributed by atoms with Crippen molar-refractivity contribution in [3.8, 4) is 5.88 Å². The maximum atomic E-state index is 14.0. The molecule has 0 aromatic carbocycles. The standard InChI is InChI=1S/C25H32FN7O4/c1-25(2,3)19(7-9-27-24(35)36)30-22(34)17-14-29-33-11-8-20(31-21(17)33)32-10-5-6-18(32)16-12-15(26)13-28-23(16)37-4/h8,11-14,18-19,27H,5-7,9-10H2,1-4H3,(H,30,34)(H,35,36)/t18?,19-/m1/s1. The number of pyridine rings is 1. The van der Waals surface area contributed by atoms with Crippen LogP contribution in [0.5, 0.6) is 5.88 Å². The van der Waals surface area contributed by atoms with E-state index in [9.17, 15) is 14.0 Å². The Bertz CT molecular complexity index is 1290. The van der Waals surface area contributed by atoms with Crippen LogP contribution in [0.2, 0.25) is 0 Å². The molecule has 3 aromatic rings. The number of nitrogens with zero attached hydrogens (tertiary/aromatic N) is 5. The minimum absolute atomic E-state index is 0.180. The Labute approximate surface area is 214 Å². The maximum absolute atomic E-state index is 14.0. The van der Waals surface area contributed by atoms with E-state index in [0.717, 1.165) is 19.0 Å². The highest BCUT2D eigenvalue weighted by Crippen LogP contribution is 2.39. The topological polar surface area (TPSA) is 134 Å². The van der Waals surface area contributed by atoms with Gasteiger partial charge in [0.1, 0.15) is 17.2 Å². The third-order valence-electron chi connectivity index (χ3n) is 6.60. The monoisotopic (exact) mass is 513 g/mol. The first kappa shape index (κ1) is 26.1. The molecular weight excluding hydrogens is 481 g/mol.